The minimum atomic E-state index is -0.304. The Kier molecular flexibility index (Phi) is 5.66. The molecule has 2 aliphatic rings. The van der Waals surface area contributed by atoms with E-state index in [0.29, 0.717) is 6.54 Å². The summed E-state index contributed by atoms with van der Waals surface area (Å²) in [5.74, 6) is 2.11. The number of nitrogens with zero attached hydrogens (tertiary/aromatic N) is 2. The summed E-state index contributed by atoms with van der Waals surface area (Å²) >= 11 is 1.88. The van der Waals surface area contributed by atoms with Crippen molar-refractivity contribution in [2.45, 2.75) is 32.2 Å². The van der Waals surface area contributed by atoms with E-state index in [1.165, 1.54) is 0 Å². The van der Waals surface area contributed by atoms with Crippen LogP contribution in [0.15, 0.2) is 24.3 Å². The molecule has 0 bridgehead atoms. The van der Waals surface area contributed by atoms with Gasteiger partial charge in [-0.3, -0.25) is 4.79 Å². The Balaban J connectivity index is 1.68. The lowest BCUT2D eigenvalue weighted by atomic mass is 10.1. The van der Waals surface area contributed by atoms with E-state index in [9.17, 15) is 9.59 Å². The average molecular weight is 347 g/mol. The predicted molar refractivity (Wildman–Crippen MR) is 98.5 cm³/mol. The van der Waals surface area contributed by atoms with Crippen molar-refractivity contribution >= 4 is 29.4 Å². The van der Waals surface area contributed by atoms with Gasteiger partial charge in [0.05, 0.1) is 0 Å². The van der Waals surface area contributed by atoms with E-state index in [4.69, 9.17) is 0 Å². The van der Waals surface area contributed by atoms with Crippen molar-refractivity contribution in [3.05, 3.63) is 29.8 Å². The van der Waals surface area contributed by atoms with Gasteiger partial charge in [0.1, 0.15) is 6.04 Å². The molecule has 2 heterocycles. The van der Waals surface area contributed by atoms with Crippen LogP contribution in [0.1, 0.15) is 25.3 Å². The second-order valence-electron chi connectivity index (χ2n) is 6.23. The number of anilines is 1. The van der Waals surface area contributed by atoms with E-state index in [1.807, 2.05) is 40.9 Å². The van der Waals surface area contributed by atoms with Crippen molar-refractivity contribution in [2.24, 2.45) is 0 Å². The lowest BCUT2D eigenvalue weighted by Crippen LogP contribution is -2.51. The van der Waals surface area contributed by atoms with E-state index in [-0.39, 0.29) is 18.0 Å². The van der Waals surface area contributed by atoms with Crippen LogP contribution in [0, 0.1) is 0 Å². The van der Waals surface area contributed by atoms with Gasteiger partial charge < -0.3 is 15.1 Å². The molecule has 0 saturated carbocycles. The van der Waals surface area contributed by atoms with E-state index >= 15 is 0 Å². The molecular formula is C18H25N3O2S. The minimum absolute atomic E-state index is 0.117. The van der Waals surface area contributed by atoms with Crippen molar-refractivity contribution in [3.8, 4) is 0 Å². The highest BCUT2D eigenvalue weighted by atomic mass is 32.2. The average Bonchev–Trinajstić information content (AvgIpc) is 3.12. The molecular weight excluding hydrogens is 322 g/mol. The fraction of sp³-hybridized carbons (Fsp3) is 0.556. The Morgan fingerprint density at radius 1 is 1.21 bits per heavy atom. The number of para-hydroxylation sites is 1. The molecule has 0 radical (unpaired) electrons. The van der Waals surface area contributed by atoms with E-state index in [2.05, 4.69) is 12.2 Å². The summed E-state index contributed by atoms with van der Waals surface area (Å²) in [6, 6.07) is 7.39. The summed E-state index contributed by atoms with van der Waals surface area (Å²) < 4.78 is 0. The molecule has 0 spiro atoms. The Hall–Kier alpha value is -1.69. The van der Waals surface area contributed by atoms with Gasteiger partial charge in [-0.25, -0.2) is 4.79 Å². The number of amides is 3. The quantitative estimate of drug-likeness (QED) is 0.915. The molecule has 2 aliphatic heterocycles. The molecule has 24 heavy (non-hydrogen) atoms. The molecule has 1 N–H and O–H groups in total. The Morgan fingerprint density at radius 2 is 1.96 bits per heavy atom. The van der Waals surface area contributed by atoms with Crippen molar-refractivity contribution in [1.82, 2.24) is 9.80 Å². The second-order valence-corrected chi connectivity index (χ2v) is 7.45. The van der Waals surface area contributed by atoms with Gasteiger partial charge in [-0.2, -0.15) is 11.8 Å². The first kappa shape index (κ1) is 17.1. The summed E-state index contributed by atoms with van der Waals surface area (Å²) in [7, 11) is 0. The number of nitrogens with one attached hydrogen (secondary N) is 1. The summed E-state index contributed by atoms with van der Waals surface area (Å²) in [5, 5.41) is 3.00. The van der Waals surface area contributed by atoms with E-state index < -0.39 is 0 Å². The van der Waals surface area contributed by atoms with Crippen LogP contribution in [0.2, 0.25) is 0 Å². The highest BCUT2D eigenvalue weighted by Crippen LogP contribution is 2.23. The van der Waals surface area contributed by atoms with Gasteiger partial charge >= 0.3 is 6.03 Å². The highest BCUT2D eigenvalue weighted by molar-refractivity contribution is 7.99. The van der Waals surface area contributed by atoms with Gasteiger partial charge in [-0.1, -0.05) is 25.1 Å². The summed E-state index contributed by atoms with van der Waals surface area (Å²) in [6.07, 6.45) is 2.53. The molecule has 0 unspecified atom stereocenters. The van der Waals surface area contributed by atoms with Gasteiger partial charge in [0, 0.05) is 36.8 Å². The molecule has 3 rings (SSSR count). The van der Waals surface area contributed by atoms with Gasteiger partial charge in [-0.15, -0.1) is 0 Å². The molecule has 1 aromatic carbocycles. The zero-order valence-electron chi connectivity index (χ0n) is 14.2. The fourth-order valence-corrected chi connectivity index (χ4v) is 4.30. The summed E-state index contributed by atoms with van der Waals surface area (Å²) in [4.78, 5) is 29.1. The smallest absolute Gasteiger partial charge is 0.322 e. The molecule has 0 aliphatic carbocycles. The van der Waals surface area contributed by atoms with Crippen LogP contribution in [0.4, 0.5) is 10.5 Å². The van der Waals surface area contributed by atoms with E-state index in [0.717, 1.165) is 55.1 Å². The maximum absolute atomic E-state index is 12.8. The molecule has 1 aromatic rings. The molecule has 5 nitrogen and oxygen atoms in total. The number of urea groups is 1. The molecule has 2 saturated heterocycles. The predicted octanol–water partition coefficient (Wildman–Crippen LogP) is 2.82. The number of hydrogen-bond donors (Lipinski definition) is 1. The molecule has 3 amide bonds. The largest absolute Gasteiger partial charge is 0.339 e. The first-order chi connectivity index (χ1) is 11.7. The standard InChI is InChI=1S/C18H25N3O2S/c1-2-14-6-3-4-7-15(14)19-18(23)21-9-5-8-16(21)17(22)20-10-12-24-13-11-20/h3-4,6-7,16H,2,5,8-13H2,1H3,(H,19,23)/t16-/m1/s1. The number of aryl methyl sites for hydroxylation is 1. The lowest BCUT2D eigenvalue weighted by Gasteiger charge is -2.32. The number of rotatable bonds is 3. The van der Waals surface area contributed by atoms with Crippen molar-refractivity contribution in [1.29, 1.82) is 0 Å². The van der Waals surface area contributed by atoms with Crippen LogP contribution in [-0.4, -0.2) is 58.9 Å². The maximum Gasteiger partial charge on any atom is 0.322 e. The highest BCUT2D eigenvalue weighted by Gasteiger charge is 2.37. The number of likely N-dealkylation sites (tertiary alicyclic amines) is 1. The first-order valence-corrected chi connectivity index (χ1v) is 9.88. The monoisotopic (exact) mass is 347 g/mol. The van der Waals surface area contributed by atoms with Crippen LogP contribution < -0.4 is 5.32 Å². The van der Waals surface area contributed by atoms with Gasteiger partial charge in [-0.05, 0) is 30.9 Å². The van der Waals surface area contributed by atoms with Crippen molar-refractivity contribution in [2.75, 3.05) is 36.5 Å². The van der Waals surface area contributed by atoms with Gasteiger partial charge in [0.15, 0.2) is 0 Å². The zero-order valence-corrected chi connectivity index (χ0v) is 15.0. The SMILES string of the molecule is CCc1ccccc1NC(=O)N1CCC[C@@H]1C(=O)N1CCSCC1. The van der Waals surface area contributed by atoms with Crippen LogP contribution >= 0.6 is 11.8 Å². The molecule has 0 aromatic heterocycles. The van der Waals surface area contributed by atoms with Crippen molar-refractivity contribution < 1.29 is 9.59 Å². The van der Waals surface area contributed by atoms with Crippen LogP contribution in [0.25, 0.3) is 0 Å². The Bertz CT molecular complexity index is 602. The van der Waals surface area contributed by atoms with Crippen LogP contribution in [-0.2, 0) is 11.2 Å². The van der Waals surface area contributed by atoms with Gasteiger partial charge in [0.2, 0.25) is 5.91 Å². The van der Waals surface area contributed by atoms with Gasteiger partial charge in [0.25, 0.3) is 0 Å². The number of carbonyl (C=O) groups is 2. The number of thioether (sulfide) groups is 1. The minimum Gasteiger partial charge on any atom is -0.339 e. The molecule has 1 atom stereocenters. The maximum atomic E-state index is 12.8. The topological polar surface area (TPSA) is 52.7 Å². The molecule has 2 fully saturated rings. The van der Waals surface area contributed by atoms with Crippen LogP contribution in [0.5, 0.6) is 0 Å². The summed E-state index contributed by atoms with van der Waals surface area (Å²) in [6.45, 7) is 4.32. The fourth-order valence-electron chi connectivity index (χ4n) is 3.40. The molecule has 6 heteroatoms. The summed E-state index contributed by atoms with van der Waals surface area (Å²) in [5.41, 5.74) is 1.96. The van der Waals surface area contributed by atoms with E-state index in [1.54, 1.807) is 4.90 Å². The number of hydrogen-bond acceptors (Lipinski definition) is 3. The number of benzene rings is 1. The number of carbonyl (C=O) groups excluding carboxylic acids is 2. The zero-order chi connectivity index (χ0) is 16.9. The second kappa shape index (κ2) is 7.92. The third-order valence-electron chi connectivity index (χ3n) is 4.76. The molecule has 130 valence electrons. The Labute approximate surface area is 147 Å². The Morgan fingerprint density at radius 3 is 2.71 bits per heavy atom. The first-order valence-electron chi connectivity index (χ1n) is 8.72. The van der Waals surface area contributed by atoms with Crippen LogP contribution in [0.3, 0.4) is 0 Å². The lowest BCUT2D eigenvalue weighted by molar-refractivity contribution is -0.134. The van der Waals surface area contributed by atoms with Crippen molar-refractivity contribution in [3.63, 3.8) is 0 Å². The third-order valence-corrected chi connectivity index (χ3v) is 5.70. The normalized spacial score (nSPS) is 21.0. The third kappa shape index (κ3) is 3.69.